The molecule has 0 bridgehead atoms. The van der Waals surface area contributed by atoms with Crippen molar-refractivity contribution >= 4 is 29.5 Å². The third-order valence-electron chi connectivity index (χ3n) is 3.84. The van der Waals surface area contributed by atoms with Crippen molar-refractivity contribution in [3.8, 4) is 12.3 Å². The van der Waals surface area contributed by atoms with E-state index in [-0.39, 0.29) is 11.2 Å². The van der Waals surface area contributed by atoms with Crippen LogP contribution in [0.15, 0.2) is 23.1 Å². The summed E-state index contributed by atoms with van der Waals surface area (Å²) >= 11 is 1.71. The Bertz CT molecular complexity index is 731. The number of hydrogen-bond acceptors (Lipinski definition) is 3. The number of hydrogen-bond donors (Lipinski definition) is 1. The SMILES string of the molecule is C#CC(Sc1ccc2c(c1)=COCC=2CCC(=O)NC)C(C)C. The number of terminal acetylenes is 1. The van der Waals surface area contributed by atoms with Gasteiger partial charge in [-0.05, 0) is 35.3 Å². The highest BCUT2D eigenvalue weighted by molar-refractivity contribution is 8.00. The second kappa shape index (κ2) is 8.12. The van der Waals surface area contributed by atoms with Crippen LogP contribution < -0.4 is 15.8 Å². The fourth-order valence-corrected chi connectivity index (χ4v) is 3.42. The summed E-state index contributed by atoms with van der Waals surface area (Å²) in [6, 6.07) is 6.34. The fraction of sp³-hybridized carbons (Fsp3) is 0.421. The highest BCUT2D eigenvalue weighted by atomic mass is 32.2. The van der Waals surface area contributed by atoms with E-state index in [1.165, 1.54) is 10.8 Å². The highest BCUT2D eigenvalue weighted by Gasteiger charge is 2.13. The molecule has 1 unspecified atom stereocenters. The number of amides is 1. The Morgan fingerprint density at radius 2 is 2.26 bits per heavy atom. The molecule has 4 heteroatoms. The summed E-state index contributed by atoms with van der Waals surface area (Å²) in [4.78, 5) is 12.6. The molecule has 0 saturated carbocycles. The lowest BCUT2D eigenvalue weighted by molar-refractivity contribution is -0.120. The Kier molecular flexibility index (Phi) is 6.18. The van der Waals surface area contributed by atoms with Gasteiger partial charge in [-0.2, -0.15) is 0 Å². The lowest BCUT2D eigenvalue weighted by Crippen LogP contribution is -2.32. The molecule has 0 radical (unpaired) electrons. The third-order valence-corrected chi connectivity index (χ3v) is 5.30. The molecule has 2 rings (SSSR count). The largest absolute Gasteiger partial charge is 0.496 e. The van der Waals surface area contributed by atoms with Gasteiger partial charge in [-0.25, -0.2) is 0 Å². The molecule has 1 aliphatic heterocycles. The number of thioether (sulfide) groups is 1. The van der Waals surface area contributed by atoms with E-state index in [2.05, 4.69) is 43.3 Å². The number of carbonyl (C=O) groups excluding carboxylic acids is 1. The molecule has 0 aliphatic carbocycles. The smallest absolute Gasteiger partial charge is 0.220 e. The summed E-state index contributed by atoms with van der Waals surface area (Å²) < 4.78 is 5.56. The van der Waals surface area contributed by atoms with E-state index in [1.807, 2.05) is 0 Å². The number of carbonyl (C=O) groups is 1. The van der Waals surface area contributed by atoms with E-state index in [4.69, 9.17) is 11.2 Å². The van der Waals surface area contributed by atoms with E-state index in [9.17, 15) is 4.79 Å². The van der Waals surface area contributed by atoms with E-state index in [0.29, 0.717) is 25.4 Å². The van der Waals surface area contributed by atoms with Crippen molar-refractivity contribution in [2.45, 2.75) is 36.8 Å². The van der Waals surface area contributed by atoms with Crippen LogP contribution in [0.2, 0.25) is 0 Å². The van der Waals surface area contributed by atoms with Crippen LogP contribution in [-0.2, 0) is 9.53 Å². The molecular weight excluding hydrogens is 306 g/mol. The van der Waals surface area contributed by atoms with Crippen LogP contribution in [0.1, 0.15) is 26.7 Å². The molecule has 0 aromatic heterocycles. The van der Waals surface area contributed by atoms with Crippen LogP contribution in [0, 0.1) is 18.3 Å². The predicted molar refractivity (Wildman–Crippen MR) is 96.1 cm³/mol. The molecule has 23 heavy (non-hydrogen) atoms. The molecule has 1 aliphatic rings. The third kappa shape index (κ3) is 4.56. The van der Waals surface area contributed by atoms with Crippen molar-refractivity contribution in [3.05, 3.63) is 28.6 Å². The van der Waals surface area contributed by atoms with Crippen molar-refractivity contribution in [2.24, 2.45) is 5.92 Å². The summed E-state index contributed by atoms with van der Waals surface area (Å²) in [5, 5.41) is 5.05. The Morgan fingerprint density at radius 3 is 2.91 bits per heavy atom. The number of fused-ring (bicyclic) bond motifs is 1. The number of ether oxygens (including phenoxy) is 1. The summed E-state index contributed by atoms with van der Waals surface area (Å²) in [6.45, 7) is 4.82. The van der Waals surface area contributed by atoms with E-state index in [0.717, 1.165) is 10.1 Å². The first-order chi connectivity index (χ1) is 11.0. The zero-order valence-corrected chi connectivity index (χ0v) is 14.7. The zero-order valence-electron chi connectivity index (χ0n) is 13.9. The van der Waals surface area contributed by atoms with Gasteiger partial charge >= 0.3 is 0 Å². The first-order valence-corrected chi connectivity index (χ1v) is 8.70. The van der Waals surface area contributed by atoms with Gasteiger partial charge < -0.3 is 10.1 Å². The lowest BCUT2D eigenvalue weighted by atomic mass is 10.0. The quantitative estimate of drug-likeness (QED) is 0.640. The van der Waals surface area contributed by atoms with Crippen molar-refractivity contribution in [2.75, 3.05) is 13.7 Å². The average molecular weight is 329 g/mol. The second-order valence-electron chi connectivity index (χ2n) is 5.90. The maximum absolute atomic E-state index is 11.4. The van der Waals surface area contributed by atoms with Gasteiger partial charge in [0.2, 0.25) is 5.91 Å². The monoisotopic (exact) mass is 329 g/mol. The number of nitrogens with one attached hydrogen (secondary N) is 1. The molecule has 0 saturated heterocycles. The molecule has 1 atom stereocenters. The first-order valence-electron chi connectivity index (χ1n) is 7.82. The maximum atomic E-state index is 11.4. The lowest BCUT2D eigenvalue weighted by Gasteiger charge is -2.16. The number of rotatable bonds is 6. The van der Waals surface area contributed by atoms with Crippen LogP contribution in [0.25, 0.3) is 11.8 Å². The van der Waals surface area contributed by atoms with Gasteiger partial charge in [0.15, 0.2) is 0 Å². The molecule has 1 heterocycles. The molecule has 0 spiro atoms. The van der Waals surface area contributed by atoms with Gasteiger partial charge in [0.05, 0.1) is 11.5 Å². The minimum absolute atomic E-state index is 0.0505. The van der Waals surface area contributed by atoms with Crippen LogP contribution in [0.4, 0.5) is 0 Å². The van der Waals surface area contributed by atoms with Gasteiger partial charge in [-0.3, -0.25) is 4.79 Å². The van der Waals surface area contributed by atoms with Crippen molar-refractivity contribution in [1.29, 1.82) is 0 Å². The summed E-state index contributed by atoms with van der Waals surface area (Å²) in [6.07, 6.45) is 8.61. The minimum atomic E-state index is 0.0505. The Balaban J connectivity index is 2.26. The van der Waals surface area contributed by atoms with Crippen molar-refractivity contribution in [1.82, 2.24) is 5.32 Å². The second-order valence-corrected chi connectivity index (χ2v) is 7.12. The molecule has 1 N–H and O–H groups in total. The summed E-state index contributed by atoms with van der Waals surface area (Å²) in [5.41, 5.74) is 1.17. The van der Waals surface area contributed by atoms with E-state index >= 15 is 0 Å². The van der Waals surface area contributed by atoms with Gasteiger partial charge in [-0.15, -0.1) is 18.2 Å². The average Bonchev–Trinajstić information content (AvgIpc) is 2.56. The van der Waals surface area contributed by atoms with E-state index in [1.54, 1.807) is 25.1 Å². The molecule has 3 nitrogen and oxygen atoms in total. The van der Waals surface area contributed by atoms with Crippen LogP contribution in [0.5, 0.6) is 0 Å². The van der Waals surface area contributed by atoms with Gasteiger partial charge in [0.25, 0.3) is 0 Å². The molecule has 122 valence electrons. The Morgan fingerprint density at radius 1 is 1.48 bits per heavy atom. The molecule has 0 fully saturated rings. The first kappa shape index (κ1) is 17.5. The predicted octanol–water partition coefficient (Wildman–Crippen LogP) is 1.88. The topological polar surface area (TPSA) is 38.3 Å². The zero-order chi connectivity index (χ0) is 16.8. The molecule has 1 aromatic rings. The van der Waals surface area contributed by atoms with Gasteiger partial charge in [0, 0.05) is 23.6 Å². The summed E-state index contributed by atoms with van der Waals surface area (Å²) in [5.74, 6) is 3.33. The van der Waals surface area contributed by atoms with Gasteiger partial charge in [-0.1, -0.05) is 25.8 Å². The molecule has 1 amide bonds. The van der Waals surface area contributed by atoms with E-state index < -0.39 is 0 Å². The highest BCUT2D eigenvalue weighted by Crippen LogP contribution is 2.26. The standard InChI is InChI=1S/C19H23NO2S/c1-5-18(13(2)3)23-16-7-8-17-14(6-9-19(21)20-4)11-22-12-15(17)10-16/h1,7-8,10,12-13,18H,6,9,11H2,2-4H3,(H,20,21). The minimum Gasteiger partial charge on any atom is -0.496 e. The summed E-state index contributed by atoms with van der Waals surface area (Å²) in [7, 11) is 1.66. The fourth-order valence-electron chi connectivity index (χ4n) is 2.45. The maximum Gasteiger partial charge on any atom is 0.220 e. The van der Waals surface area contributed by atoms with Crippen molar-refractivity contribution < 1.29 is 9.53 Å². The normalized spacial score (nSPS) is 14.3. The van der Waals surface area contributed by atoms with Crippen LogP contribution >= 0.6 is 11.8 Å². The molecule has 1 aromatic carbocycles. The molecular formula is C19H23NO2S. The van der Waals surface area contributed by atoms with Crippen LogP contribution in [-0.4, -0.2) is 24.8 Å². The Labute approximate surface area is 142 Å². The Hall–Kier alpha value is -1.86. The van der Waals surface area contributed by atoms with Crippen molar-refractivity contribution in [3.63, 3.8) is 0 Å². The van der Waals surface area contributed by atoms with Crippen LogP contribution in [0.3, 0.4) is 0 Å². The van der Waals surface area contributed by atoms with Gasteiger partial charge in [0.1, 0.15) is 6.61 Å². The number of benzene rings is 1.